The van der Waals surface area contributed by atoms with E-state index in [1.807, 2.05) is 17.0 Å². The maximum Gasteiger partial charge on any atom is 0.232 e. The summed E-state index contributed by atoms with van der Waals surface area (Å²) < 4.78 is 0. The standard InChI is InChI=1S/C13H19N3OS/c1-10-3-2-6-16(8-10)13(17)9-18-12-5-4-11(14)7-15-12/h4-5,7,10H,2-3,6,8-9,14H2,1H3. The Morgan fingerprint density at radius 3 is 3.11 bits per heavy atom. The predicted octanol–water partition coefficient (Wildman–Crippen LogP) is 2.01. The number of hydrogen-bond acceptors (Lipinski definition) is 4. The van der Waals surface area contributed by atoms with Gasteiger partial charge in [-0.3, -0.25) is 4.79 Å². The molecule has 0 aromatic carbocycles. The summed E-state index contributed by atoms with van der Waals surface area (Å²) in [7, 11) is 0. The van der Waals surface area contributed by atoms with Gasteiger partial charge in [-0.05, 0) is 30.9 Å². The first-order valence-corrected chi connectivity index (χ1v) is 7.26. The van der Waals surface area contributed by atoms with Crippen molar-refractivity contribution in [3.05, 3.63) is 18.3 Å². The molecule has 1 aromatic rings. The van der Waals surface area contributed by atoms with E-state index in [2.05, 4.69) is 11.9 Å². The van der Waals surface area contributed by atoms with Crippen LogP contribution >= 0.6 is 11.8 Å². The first-order chi connectivity index (χ1) is 8.65. The van der Waals surface area contributed by atoms with E-state index in [4.69, 9.17) is 5.73 Å². The molecule has 1 unspecified atom stereocenters. The molecule has 18 heavy (non-hydrogen) atoms. The highest BCUT2D eigenvalue weighted by molar-refractivity contribution is 7.99. The van der Waals surface area contributed by atoms with Crippen molar-refractivity contribution >= 4 is 23.4 Å². The van der Waals surface area contributed by atoms with Gasteiger partial charge in [0.1, 0.15) is 0 Å². The van der Waals surface area contributed by atoms with E-state index < -0.39 is 0 Å². The number of amides is 1. The van der Waals surface area contributed by atoms with Gasteiger partial charge < -0.3 is 10.6 Å². The third kappa shape index (κ3) is 3.63. The van der Waals surface area contributed by atoms with Gasteiger partial charge in [-0.1, -0.05) is 18.7 Å². The topological polar surface area (TPSA) is 59.2 Å². The van der Waals surface area contributed by atoms with Crippen molar-refractivity contribution in [1.82, 2.24) is 9.88 Å². The molecular formula is C13H19N3OS. The number of rotatable bonds is 3. The molecule has 2 heterocycles. The number of nitrogens with two attached hydrogens (primary N) is 1. The predicted molar refractivity (Wildman–Crippen MR) is 74.4 cm³/mol. The number of nitrogen functional groups attached to an aromatic ring is 1. The summed E-state index contributed by atoms with van der Waals surface area (Å²) in [5.74, 6) is 1.30. The van der Waals surface area contributed by atoms with Crippen LogP contribution in [0, 0.1) is 5.92 Å². The van der Waals surface area contributed by atoms with Crippen molar-refractivity contribution in [1.29, 1.82) is 0 Å². The smallest absolute Gasteiger partial charge is 0.232 e. The van der Waals surface area contributed by atoms with E-state index in [0.29, 0.717) is 17.4 Å². The highest BCUT2D eigenvalue weighted by Gasteiger charge is 2.20. The number of carbonyl (C=O) groups excluding carboxylic acids is 1. The lowest BCUT2D eigenvalue weighted by Crippen LogP contribution is -2.40. The lowest BCUT2D eigenvalue weighted by atomic mass is 10.0. The molecule has 0 saturated carbocycles. The zero-order valence-corrected chi connectivity index (χ0v) is 11.4. The molecule has 1 aliphatic rings. The summed E-state index contributed by atoms with van der Waals surface area (Å²) in [6, 6.07) is 3.66. The maximum atomic E-state index is 12.0. The Kier molecular flexibility index (Phi) is 4.47. The lowest BCUT2D eigenvalue weighted by molar-refractivity contribution is -0.130. The molecule has 1 amide bonds. The molecule has 4 nitrogen and oxygen atoms in total. The zero-order valence-electron chi connectivity index (χ0n) is 10.6. The minimum atomic E-state index is 0.213. The van der Waals surface area contributed by atoms with Crippen molar-refractivity contribution < 1.29 is 4.79 Å². The Morgan fingerprint density at radius 2 is 2.44 bits per heavy atom. The average Bonchev–Trinajstić information content (AvgIpc) is 2.38. The zero-order chi connectivity index (χ0) is 13.0. The molecule has 0 bridgehead atoms. The van der Waals surface area contributed by atoms with Crippen LogP contribution in [0.25, 0.3) is 0 Å². The molecule has 0 spiro atoms. The quantitative estimate of drug-likeness (QED) is 0.849. The second-order valence-corrected chi connectivity index (χ2v) is 5.80. The molecular weight excluding hydrogens is 246 g/mol. The van der Waals surface area contributed by atoms with Crippen LogP contribution in [-0.4, -0.2) is 34.6 Å². The van der Waals surface area contributed by atoms with Crippen molar-refractivity contribution in [3.8, 4) is 0 Å². The Bertz CT molecular complexity index is 407. The molecule has 2 rings (SSSR count). The number of piperidine rings is 1. The molecule has 0 aliphatic carbocycles. The summed E-state index contributed by atoms with van der Waals surface area (Å²) in [4.78, 5) is 18.2. The van der Waals surface area contributed by atoms with Crippen LogP contribution in [0.3, 0.4) is 0 Å². The normalized spacial score (nSPS) is 19.8. The fraction of sp³-hybridized carbons (Fsp3) is 0.538. The monoisotopic (exact) mass is 265 g/mol. The van der Waals surface area contributed by atoms with Gasteiger partial charge in [-0.15, -0.1) is 0 Å². The van der Waals surface area contributed by atoms with Crippen LogP contribution in [0.2, 0.25) is 0 Å². The van der Waals surface area contributed by atoms with Gasteiger partial charge in [0.2, 0.25) is 5.91 Å². The summed E-state index contributed by atoms with van der Waals surface area (Å²) in [5, 5.41) is 0.850. The molecule has 98 valence electrons. The number of thioether (sulfide) groups is 1. The minimum absolute atomic E-state index is 0.213. The molecule has 0 radical (unpaired) electrons. The number of nitrogens with zero attached hydrogens (tertiary/aromatic N) is 2. The van der Waals surface area contributed by atoms with Crippen molar-refractivity contribution in [2.24, 2.45) is 5.92 Å². The number of hydrogen-bond donors (Lipinski definition) is 1. The van der Waals surface area contributed by atoms with Gasteiger partial charge >= 0.3 is 0 Å². The van der Waals surface area contributed by atoms with Crippen LogP contribution in [0.15, 0.2) is 23.4 Å². The molecule has 2 N–H and O–H groups in total. The second-order valence-electron chi connectivity index (χ2n) is 4.81. The highest BCUT2D eigenvalue weighted by Crippen LogP contribution is 2.19. The van der Waals surface area contributed by atoms with Crippen LogP contribution in [0.1, 0.15) is 19.8 Å². The molecule has 1 aromatic heterocycles. The Balaban J connectivity index is 1.82. The van der Waals surface area contributed by atoms with E-state index in [0.717, 1.165) is 24.5 Å². The fourth-order valence-corrected chi connectivity index (χ4v) is 2.87. The van der Waals surface area contributed by atoms with Gasteiger partial charge in [-0.2, -0.15) is 0 Å². The van der Waals surface area contributed by atoms with Crippen LogP contribution < -0.4 is 5.73 Å². The molecule has 1 saturated heterocycles. The molecule has 1 atom stereocenters. The van der Waals surface area contributed by atoms with Gasteiger partial charge in [0.05, 0.1) is 22.7 Å². The first-order valence-electron chi connectivity index (χ1n) is 6.27. The summed E-state index contributed by atoms with van der Waals surface area (Å²) >= 11 is 1.47. The fourth-order valence-electron chi connectivity index (χ4n) is 2.12. The van der Waals surface area contributed by atoms with E-state index in [9.17, 15) is 4.79 Å². The molecule has 5 heteroatoms. The van der Waals surface area contributed by atoms with Crippen molar-refractivity contribution in [2.75, 3.05) is 24.6 Å². The number of carbonyl (C=O) groups is 1. The SMILES string of the molecule is CC1CCCN(C(=O)CSc2ccc(N)cn2)C1. The second kappa shape index (κ2) is 6.09. The highest BCUT2D eigenvalue weighted by atomic mass is 32.2. The minimum Gasteiger partial charge on any atom is -0.397 e. The van der Waals surface area contributed by atoms with E-state index in [1.165, 1.54) is 18.2 Å². The van der Waals surface area contributed by atoms with Gasteiger partial charge in [-0.25, -0.2) is 4.98 Å². The Morgan fingerprint density at radius 1 is 1.61 bits per heavy atom. The van der Waals surface area contributed by atoms with Crippen LogP contribution in [-0.2, 0) is 4.79 Å². The average molecular weight is 265 g/mol. The molecule has 1 fully saturated rings. The Hall–Kier alpha value is -1.23. The third-order valence-corrected chi connectivity index (χ3v) is 4.04. The lowest BCUT2D eigenvalue weighted by Gasteiger charge is -2.30. The third-order valence-electron chi connectivity index (χ3n) is 3.11. The van der Waals surface area contributed by atoms with Crippen molar-refractivity contribution in [3.63, 3.8) is 0 Å². The van der Waals surface area contributed by atoms with Gasteiger partial charge in [0.25, 0.3) is 0 Å². The van der Waals surface area contributed by atoms with Crippen LogP contribution in [0.5, 0.6) is 0 Å². The number of aromatic nitrogens is 1. The van der Waals surface area contributed by atoms with E-state index in [1.54, 1.807) is 6.20 Å². The summed E-state index contributed by atoms with van der Waals surface area (Å²) in [5.41, 5.74) is 6.22. The molecule has 1 aliphatic heterocycles. The van der Waals surface area contributed by atoms with Crippen molar-refractivity contribution in [2.45, 2.75) is 24.8 Å². The summed E-state index contributed by atoms with van der Waals surface area (Å²) in [6.45, 7) is 4.00. The Labute approximate surface area is 112 Å². The van der Waals surface area contributed by atoms with E-state index in [-0.39, 0.29) is 5.91 Å². The van der Waals surface area contributed by atoms with Gasteiger partial charge in [0, 0.05) is 13.1 Å². The largest absolute Gasteiger partial charge is 0.397 e. The number of anilines is 1. The van der Waals surface area contributed by atoms with Gasteiger partial charge in [0.15, 0.2) is 0 Å². The number of pyridine rings is 1. The van der Waals surface area contributed by atoms with E-state index >= 15 is 0 Å². The number of likely N-dealkylation sites (tertiary alicyclic amines) is 1. The van der Waals surface area contributed by atoms with Crippen LogP contribution in [0.4, 0.5) is 5.69 Å². The first kappa shape index (κ1) is 13.2. The maximum absolute atomic E-state index is 12.0. The summed E-state index contributed by atoms with van der Waals surface area (Å²) in [6.07, 6.45) is 3.98.